The molecule has 2 unspecified atom stereocenters. The van der Waals surface area contributed by atoms with Crippen LogP contribution >= 0.6 is 23.2 Å². The molecule has 2 saturated heterocycles. The lowest BCUT2D eigenvalue weighted by Gasteiger charge is -2.37. The van der Waals surface area contributed by atoms with E-state index < -0.39 is 20.0 Å². The number of nitrogens with zero attached hydrogens (tertiary/aromatic N) is 1. The molecule has 2 fully saturated rings. The fourth-order valence-electron chi connectivity index (χ4n) is 3.74. The molecule has 3 rings (SSSR count). The van der Waals surface area contributed by atoms with Crippen molar-refractivity contribution in [2.45, 2.75) is 48.7 Å². The Hall–Kier alpha value is -0.380. The third-order valence-corrected chi connectivity index (χ3v) is 8.15. The van der Waals surface area contributed by atoms with Gasteiger partial charge in [0, 0.05) is 23.1 Å². The molecule has 0 amide bonds. The van der Waals surface area contributed by atoms with E-state index in [1.165, 1.54) is 28.8 Å². The Bertz CT molecular complexity index is 844. The van der Waals surface area contributed by atoms with Crippen LogP contribution in [-0.2, 0) is 20.0 Å². The average Bonchev–Trinajstić information content (AvgIpc) is 2.74. The summed E-state index contributed by atoms with van der Waals surface area (Å²) in [6.45, 7) is 0. The number of rotatable bonds is 4. The number of sulfonamides is 2. The molecule has 0 aliphatic carbocycles. The number of halogens is 2. The Balaban J connectivity index is 1.80. The van der Waals surface area contributed by atoms with Gasteiger partial charge in [0.1, 0.15) is 4.90 Å². The second-order valence-corrected chi connectivity index (χ2v) is 10.8. The van der Waals surface area contributed by atoms with Crippen molar-refractivity contribution in [3.05, 3.63) is 28.2 Å². The van der Waals surface area contributed by atoms with E-state index in [0.717, 1.165) is 12.8 Å². The van der Waals surface area contributed by atoms with Crippen LogP contribution in [0.25, 0.3) is 0 Å². The van der Waals surface area contributed by atoms with Gasteiger partial charge >= 0.3 is 0 Å². The molecule has 2 atom stereocenters. The van der Waals surface area contributed by atoms with Gasteiger partial charge in [0.2, 0.25) is 20.0 Å². The summed E-state index contributed by atoms with van der Waals surface area (Å²) in [6.07, 6.45) is 3.64. The van der Waals surface area contributed by atoms with Crippen LogP contribution in [0.15, 0.2) is 23.1 Å². The molecular weight excluding hydrogens is 395 g/mol. The summed E-state index contributed by atoms with van der Waals surface area (Å²) in [5, 5.41) is 0.384. The van der Waals surface area contributed by atoms with E-state index in [1.807, 2.05) is 0 Å². The molecule has 2 heterocycles. The molecule has 1 N–H and O–H groups in total. The zero-order valence-electron chi connectivity index (χ0n) is 12.9. The predicted molar refractivity (Wildman–Crippen MR) is 93.3 cm³/mol. The number of fused-ring (bicyclic) bond motifs is 2. The standard InChI is InChI=1S/C14H18Cl2N2O4S2/c1-23(19,20)18-11-3-4-12(18)8-10(7-11)17-24(21,22)14-6-9(15)2-5-13(14)16/h2,5-6,10-12,17H,3-4,7-8H2,1H3. The summed E-state index contributed by atoms with van der Waals surface area (Å²) in [5.41, 5.74) is 0. The maximum Gasteiger partial charge on any atom is 0.242 e. The Morgan fingerprint density at radius 2 is 1.67 bits per heavy atom. The third-order valence-electron chi connectivity index (χ3n) is 4.55. The van der Waals surface area contributed by atoms with Crippen LogP contribution in [0.3, 0.4) is 0 Å². The van der Waals surface area contributed by atoms with Gasteiger partial charge < -0.3 is 0 Å². The van der Waals surface area contributed by atoms with E-state index in [-0.39, 0.29) is 33.1 Å². The topological polar surface area (TPSA) is 83.6 Å². The summed E-state index contributed by atoms with van der Waals surface area (Å²) >= 11 is 11.9. The van der Waals surface area contributed by atoms with E-state index >= 15 is 0 Å². The summed E-state index contributed by atoms with van der Waals surface area (Å²) in [7, 11) is -7.10. The van der Waals surface area contributed by atoms with E-state index in [9.17, 15) is 16.8 Å². The molecule has 2 bridgehead atoms. The Kier molecular flexibility index (Phi) is 4.92. The number of hydrogen-bond donors (Lipinski definition) is 1. The van der Waals surface area contributed by atoms with Crippen LogP contribution < -0.4 is 4.72 Å². The van der Waals surface area contributed by atoms with Gasteiger partial charge in [0.25, 0.3) is 0 Å². The lowest BCUT2D eigenvalue weighted by atomic mass is 10.0. The summed E-state index contributed by atoms with van der Waals surface area (Å²) < 4.78 is 53.2. The van der Waals surface area contributed by atoms with Crippen LogP contribution in [0.4, 0.5) is 0 Å². The highest BCUT2D eigenvalue weighted by Gasteiger charge is 2.46. The van der Waals surface area contributed by atoms with Crippen molar-refractivity contribution in [2.75, 3.05) is 6.26 Å². The fraction of sp³-hybridized carbons (Fsp3) is 0.571. The van der Waals surface area contributed by atoms with E-state index in [2.05, 4.69) is 4.72 Å². The molecule has 0 aromatic heterocycles. The highest BCUT2D eigenvalue weighted by Crippen LogP contribution is 2.38. The first-order valence-corrected chi connectivity index (χ1v) is 11.6. The van der Waals surface area contributed by atoms with Crippen molar-refractivity contribution in [1.82, 2.24) is 9.03 Å². The van der Waals surface area contributed by atoms with Gasteiger partial charge in [-0.15, -0.1) is 0 Å². The van der Waals surface area contributed by atoms with Crippen molar-refractivity contribution in [3.8, 4) is 0 Å². The molecule has 24 heavy (non-hydrogen) atoms. The molecule has 1 aromatic rings. The molecule has 0 saturated carbocycles. The number of nitrogens with one attached hydrogen (secondary N) is 1. The van der Waals surface area contributed by atoms with Crippen LogP contribution in [0, 0.1) is 0 Å². The van der Waals surface area contributed by atoms with Gasteiger partial charge in [-0.2, -0.15) is 4.31 Å². The molecule has 134 valence electrons. The van der Waals surface area contributed by atoms with Crippen molar-refractivity contribution >= 4 is 43.2 Å². The molecule has 10 heteroatoms. The zero-order chi connectivity index (χ0) is 17.7. The van der Waals surface area contributed by atoms with Crippen molar-refractivity contribution in [2.24, 2.45) is 0 Å². The van der Waals surface area contributed by atoms with E-state index in [4.69, 9.17) is 23.2 Å². The first-order chi connectivity index (χ1) is 11.1. The zero-order valence-corrected chi connectivity index (χ0v) is 16.1. The second kappa shape index (κ2) is 6.41. The van der Waals surface area contributed by atoms with Gasteiger partial charge in [0.15, 0.2) is 0 Å². The van der Waals surface area contributed by atoms with Crippen molar-refractivity contribution in [3.63, 3.8) is 0 Å². The second-order valence-electron chi connectivity index (χ2n) is 6.34. The van der Waals surface area contributed by atoms with Gasteiger partial charge in [-0.05, 0) is 43.9 Å². The lowest BCUT2D eigenvalue weighted by Crippen LogP contribution is -2.52. The number of hydrogen-bond acceptors (Lipinski definition) is 4. The average molecular weight is 413 g/mol. The van der Waals surface area contributed by atoms with Gasteiger partial charge in [0.05, 0.1) is 11.3 Å². The molecule has 6 nitrogen and oxygen atoms in total. The van der Waals surface area contributed by atoms with Crippen LogP contribution in [0.5, 0.6) is 0 Å². The van der Waals surface area contributed by atoms with Crippen molar-refractivity contribution < 1.29 is 16.8 Å². The highest BCUT2D eigenvalue weighted by atomic mass is 35.5. The smallest absolute Gasteiger partial charge is 0.212 e. The Labute approximate surface area is 152 Å². The Morgan fingerprint density at radius 1 is 1.08 bits per heavy atom. The summed E-state index contributed by atoms with van der Waals surface area (Å²) in [6, 6.07) is 3.65. The fourth-order valence-corrected chi connectivity index (χ4v) is 7.23. The normalized spacial score (nSPS) is 28.2. The van der Waals surface area contributed by atoms with Gasteiger partial charge in [-0.25, -0.2) is 21.6 Å². The minimum atomic E-state index is -3.82. The Morgan fingerprint density at radius 3 is 2.21 bits per heavy atom. The van der Waals surface area contributed by atoms with E-state index in [1.54, 1.807) is 0 Å². The van der Waals surface area contributed by atoms with Gasteiger partial charge in [-0.1, -0.05) is 23.2 Å². The summed E-state index contributed by atoms with van der Waals surface area (Å²) in [5.74, 6) is 0. The van der Waals surface area contributed by atoms with Crippen molar-refractivity contribution in [1.29, 1.82) is 0 Å². The third kappa shape index (κ3) is 3.59. The molecule has 2 aliphatic heterocycles. The largest absolute Gasteiger partial charge is 0.242 e. The monoisotopic (exact) mass is 412 g/mol. The SMILES string of the molecule is CS(=O)(=O)N1C2CCC1CC(NS(=O)(=O)c1cc(Cl)ccc1Cl)C2. The quantitative estimate of drug-likeness (QED) is 0.821. The van der Waals surface area contributed by atoms with Gasteiger partial charge in [-0.3, -0.25) is 0 Å². The van der Waals surface area contributed by atoms with Crippen LogP contribution in [-0.4, -0.2) is 45.5 Å². The summed E-state index contributed by atoms with van der Waals surface area (Å²) in [4.78, 5) is -0.0606. The van der Waals surface area contributed by atoms with Crippen LogP contribution in [0.2, 0.25) is 10.0 Å². The maximum atomic E-state index is 12.6. The number of benzene rings is 1. The maximum absolute atomic E-state index is 12.6. The first-order valence-electron chi connectivity index (χ1n) is 7.54. The van der Waals surface area contributed by atoms with Crippen LogP contribution in [0.1, 0.15) is 25.7 Å². The molecule has 2 aliphatic rings. The molecule has 0 radical (unpaired) electrons. The molecule has 1 aromatic carbocycles. The number of piperidine rings is 1. The molecular formula is C14H18Cl2N2O4S2. The molecule has 0 spiro atoms. The lowest BCUT2D eigenvalue weighted by molar-refractivity contribution is 0.221. The van der Waals surface area contributed by atoms with E-state index in [0.29, 0.717) is 12.8 Å². The first kappa shape index (κ1) is 18.4. The minimum Gasteiger partial charge on any atom is -0.212 e. The highest BCUT2D eigenvalue weighted by molar-refractivity contribution is 7.89. The minimum absolute atomic E-state index is 0.0606. The predicted octanol–water partition coefficient (Wildman–Crippen LogP) is 2.23.